The zero-order valence-corrected chi connectivity index (χ0v) is 18.6. The highest BCUT2D eigenvalue weighted by Crippen LogP contribution is 2.31. The van der Waals surface area contributed by atoms with Gasteiger partial charge in [0.2, 0.25) is 11.8 Å². The number of carbonyl (C=O) groups excluding carboxylic acids is 2. The maximum Gasteiger partial charge on any atom is 0.228 e. The number of hydrogen-bond donors (Lipinski definition) is 0. The third kappa shape index (κ3) is 5.09. The molecule has 0 unspecified atom stereocenters. The highest BCUT2D eigenvalue weighted by Gasteiger charge is 2.39. The van der Waals surface area contributed by atoms with Crippen LogP contribution in [0.2, 0.25) is 0 Å². The molecule has 4 rings (SSSR count). The van der Waals surface area contributed by atoms with E-state index >= 15 is 0 Å². The molecule has 2 saturated heterocycles. The second-order valence-electron chi connectivity index (χ2n) is 8.56. The Hall–Kier alpha value is -2.21. The van der Waals surface area contributed by atoms with Crippen LogP contribution < -0.4 is 0 Å². The van der Waals surface area contributed by atoms with Crippen LogP contribution in [0.15, 0.2) is 35.7 Å². The molecule has 0 aliphatic carbocycles. The number of piperidine rings is 2. The van der Waals surface area contributed by atoms with Crippen molar-refractivity contribution in [3.63, 3.8) is 0 Å². The quantitative estimate of drug-likeness (QED) is 0.706. The normalized spacial score (nSPS) is 21.4. The molecule has 0 N–H and O–H groups in total. The van der Waals surface area contributed by atoms with Crippen molar-refractivity contribution < 1.29 is 9.59 Å². The van der Waals surface area contributed by atoms with Gasteiger partial charge >= 0.3 is 0 Å². The molecule has 1 aromatic heterocycles. The molecule has 160 valence electrons. The lowest BCUT2D eigenvalue weighted by Crippen LogP contribution is -2.56. The van der Waals surface area contributed by atoms with Crippen molar-refractivity contribution in [2.75, 3.05) is 19.6 Å². The Morgan fingerprint density at radius 3 is 2.73 bits per heavy atom. The predicted octanol–water partition coefficient (Wildman–Crippen LogP) is 3.86. The summed E-state index contributed by atoms with van der Waals surface area (Å²) < 4.78 is 0. The fraction of sp³-hybridized carbons (Fsp3) is 0.542. The maximum absolute atomic E-state index is 12.9. The lowest BCUT2D eigenvalue weighted by atomic mass is 9.83. The first-order chi connectivity index (χ1) is 14.6. The predicted molar refractivity (Wildman–Crippen MR) is 119 cm³/mol. The SMILES string of the molecule is Cc1nc(CC(=O)N2CCC[C@@H]3CN(C(=O)CCCc4ccccc4)CC[C@@H]32)cs1. The lowest BCUT2D eigenvalue weighted by Gasteiger charge is -2.47. The van der Waals surface area contributed by atoms with Gasteiger partial charge < -0.3 is 9.80 Å². The van der Waals surface area contributed by atoms with Crippen molar-refractivity contribution >= 4 is 23.2 Å². The van der Waals surface area contributed by atoms with Gasteiger partial charge in [-0.3, -0.25) is 9.59 Å². The van der Waals surface area contributed by atoms with Crippen LogP contribution >= 0.6 is 11.3 Å². The Bertz CT molecular complexity index is 866. The van der Waals surface area contributed by atoms with Crippen molar-refractivity contribution in [1.82, 2.24) is 14.8 Å². The first kappa shape index (κ1) is 21.0. The maximum atomic E-state index is 12.9. The molecule has 2 amide bonds. The molecule has 2 aromatic rings. The second kappa shape index (κ2) is 9.73. The minimum atomic E-state index is 0.192. The topological polar surface area (TPSA) is 53.5 Å². The molecule has 1 aromatic carbocycles. The van der Waals surface area contributed by atoms with E-state index in [0.29, 0.717) is 18.8 Å². The van der Waals surface area contributed by atoms with Crippen LogP contribution in [-0.4, -0.2) is 52.3 Å². The Labute approximate surface area is 183 Å². The van der Waals surface area contributed by atoms with Gasteiger partial charge in [0.15, 0.2) is 0 Å². The van der Waals surface area contributed by atoms with Gasteiger partial charge in [-0.2, -0.15) is 0 Å². The molecule has 0 radical (unpaired) electrons. The van der Waals surface area contributed by atoms with Crippen LogP contribution in [0.1, 0.15) is 48.4 Å². The molecule has 0 spiro atoms. The Morgan fingerprint density at radius 2 is 1.97 bits per heavy atom. The third-order valence-corrected chi connectivity index (χ3v) is 7.26. The molecular weight excluding hydrogens is 394 g/mol. The van der Waals surface area contributed by atoms with Crippen molar-refractivity contribution in [2.45, 2.75) is 57.9 Å². The third-order valence-electron chi connectivity index (χ3n) is 6.44. The summed E-state index contributed by atoms with van der Waals surface area (Å²) in [5.41, 5.74) is 2.18. The fourth-order valence-corrected chi connectivity index (χ4v) is 5.54. The van der Waals surface area contributed by atoms with E-state index in [4.69, 9.17) is 0 Å². The number of hydrogen-bond acceptors (Lipinski definition) is 4. The molecule has 2 atom stereocenters. The zero-order chi connectivity index (χ0) is 20.9. The second-order valence-corrected chi connectivity index (χ2v) is 9.62. The molecule has 2 aliphatic heterocycles. The molecule has 6 heteroatoms. The van der Waals surface area contributed by atoms with Crippen LogP contribution in [0, 0.1) is 12.8 Å². The summed E-state index contributed by atoms with van der Waals surface area (Å²) in [6, 6.07) is 10.6. The number of aryl methyl sites for hydroxylation is 2. The Balaban J connectivity index is 1.28. The molecule has 2 fully saturated rings. The average Bonchev–Trinajstić information content (AvgIpc) is 3.18. The summed E-state index contributed by atoms with van der Waals surface area (Å²) in [6.07, 6.45) is 5.89. The minimum Gasteiger partial charge on any atom is -0.342 e. The van der Waals surface area contributed by atoms with E-state index < -0.39 is 0 Å². The first-order valence-corrected chi connectivity index (χ1v) is 12.0. The van der Waals surface area contributed by atoms with E-state index in [-0.39, 0.29) is 17.9 Å². The average molecular weight is 426 g/mol. The Morgan fingerprint density at radius 1 is 1.13 bits per heavy atom. The number of thiazole rings is 1. The van der Waals surface area contributed by atoms with E-state index in [0.717, 1.165) is 62.4 Å². The lowest BCUT2D eigenvalue weighted by molar-refractivity contribution is -0.141. The Kier molecular flexibility index (Phi) is 6.82. The highest BCUT2D eigenvalue weighted by molar-refractivity contribution is 7.09. The number of carbonyl (C=O) groups is 2. The standard InChI is InChI=1S/C24H31N3O2S/c1-18-25-21(17-30-18)15-24(29)27-13-6-10-20-16-26(14-12-22(20)27)23(28)11-5-9-19-7-3-2-4-8-19/h2-4,7-8,17,20,22H,5-6,9-16H2,1H3/t20-,22+/m1/s1. The van der Waals surface area contributed by atoms with Crippen LogP contribution in [0.3, 0.4) is 0 Å². The zero-order valence-electron chi connectivity index (χ0n) is 17.8. The molecule has 0 saturated carbocycles. The monoisotopic (exact) mass is 425 g/mol. The van der Waals surface area contributed by atoms with E-state index in [2.05, 4.69) is 22.0 Å². The number of rotatable bonds is 6. The van der Waals surface area contributed by atoms with Gasteiger partial charge in [-0.15, -0.1) is 11.3 Å². The summed E-state index contributed by atoms with van der Waals surface area (Å²) in [4.78, 5) is 34.3. The molecular formula is C24H31N3O2S. The first-order valence-electron chi connectivity index (χ1n) is 11.1. The molecule has 5 nitrogen and oxygen atoms in total. The number of nitrogens with zero attached hydrogens (tertiary/aromatic N) is 3. The number of likely N-dealkylation sites (tertiary alicyclic amines) is 2. The van der Waals surface area contributed by atoms with Gasteiger partial charge in [0, 0.05) is 37.5 Å². The summed E-state index contributed by atoms with van der Waals surface area (Å²) >= 11 is 1.60. The van der Waals surface area contributed by atoms with Gasteiger partial charge in [0.1, 0.15) is 0 Å². The van der Waals surface area contributed by atoms with Gasteiger partial charge in [0.05, 0.1) is 17.1 Å². The summed E-state index contributed by atoms with van der Waals surface area (Å²) in [6.45, 7) is 4.38. The number of benzene rings is 1. The van der Waals surface area contributed by atoms with Gasteiger partial charge in [-0.25, -0.2) is 4.98 Å². The van der Waals surface area contributed by atoms with Crippen molar-refractivity contribution in [1.29, 1.82) is 0 Å². The van der Waals surface area contributed by atoms with E-state index in [9.17, 15) is 9.59 Å². The van der Waals surface area contributed by atoms with Crippen molar-refractivity contribution in [2.24, 2.45) is 5.92 Å². The molecule has 30 heavy (non-hydrogen) atoms. The largest absolute Gasteiger partial charge is 0.342 e. The number of fused-ring (bicyclic) bond motifs is 1. The molecule has 2 aliphatic rings. The summed E-state index contributed by atoms with van der Waals surface area (Å²) in [7, 11) is 0. The highest BCUT2D eigenvalue weighted by atomic mass is 32.1. The summed E-state index contributed by atoms with van der Waals surface area (Å²) in [5, 5.41) is 3.00. The molecule has 3 heterocycles. The van der Waals surface area contributed by atoms with E-state index in [1.54, 1.807) is 11.3 Å². The summed E-state index contributed by atoms with van der Waals surface area (Å²) in [5.74, 6) is 0.870. The van der Waals surface area contributed by atoms with Crippen LogP contribution in [0.5, 0.6) is 0 Å². The van der Waals surface area contributed by atoms with E-state index in [1.165, 1.54) is 5.56 Å². The van der Waals surface area contributed by atoms with Crippen LogP contribution in [-0.2, 0) is 22.4 Å². The van der Waals surface area contributed by atoms with Crippen LogP contribution in [0.4, 0.5) is 0 Å². The number of amides is 2. The van der Waals surface area contributed by atoms with Gasteiger partial charge in [0.25, 0.3) is 0 Å². The van der Waals surface area contributed by atoms with Crippen molar-refractivity contribution in [3.8, 4) is 0 Å². The van der Waals surface area contributed by atoms with Gasteiger partial charge in [-0.1, -0.05) is 30.3 Å². The smallest absolute Gasteiger partial charge is 0.228 e. The van der Waals surface area contributed by atoms with Crippen LogP contribution in [0.25, 0.3) is 0 Å². The number of aromatic nitrogens is 1. The van der Waals surface area contributed by atoms with Gasteiger partial charge in [-0.05, 0) is 50.5 Å². The van der Waals surface area contributed by atoms with E-state index in [1.807, 2.05) is 35.4 Å². The minimum absolute atomic E-state index is 0.192. The fourth-order valence-electron chi connectivity index (χ4n) is 4.93. The van der Waals surface area contributed by atoms with Crippen molar-refractivity contribution in [3.05, 3.63) is 52.0 Å². The molecule has 0 bridgehead atoms.